The van der Waals surface area contributed by atoms with Crippen molar-refractivity contribution in [2.24, 2.45) is 0 Å². The van der Waals surface area contributed by atoms with Gasteiger partial charge in [0, 0.05) is 6.54 Å². The molecule has 4 rings (SSSR count). The summed E-state index contributed by atoms with van der Waals surface area (Å²) < 4.78 is 28.3. The van der Waals surface area contributed by atoms with Crippen molar-refractivity contribution >= 4 is 10.0 Å². The van der Waals surface area contributed by atoms with Gasteiger partial charge in [0.1, 0.15) is 0 Å². The summed E-state index contributed by atoms with van der Waals surface area (Å²) in [5, 5.41) is 0. The molecular weight excluding hydrogens is 342 g/mol. The third kappa shape index (κ3) is 3.06. The standard InChI is InChI=1S/C22H21NO2S/c1-17-11-13-20(14-12-17)26(24,25)23-16-19-9-5-6-10-21(19)22(23)15-18-7-3-2-4-8-18/h2-14,22H,15-16H2,1H3. The van der Waals surface area contributed by atoms with E-state index in [1.807, 2.05) is 61.5 Å². The Balaban J connectivity index is 1.75. The zero-order valence-electron chi connectivity index (χ0n) is 14.7. The summed E-state index contributed by atoms with van der Waals surface area (Å²) in [5.41, 5.74) is 4.38. The third-order valence-corrected chi connectivity index (χ3v) is 6.86. The first-order chi connectivity index (χ1) is 12.6. The highest BCUT2D eigenvalue weighted by atomic mass is 32.2. The number of sulfonamides is 1. The number of hydrogen-bond acceptors (Lipinski definition) is 2. The molecule has 1 aliphatic rings. The monoisotopic (exact) mass is 363 g/mol. The van der Waals surface area contributed by atoms with Gasteiger partial charge in [-0.15, -0.1) is 0 Å². The van der Waals surface area contributed by atoms with Crippen molar-refractivity contribution in [1.82, 2.24) is 4.31 Å². The van der Waals surface area contributed by atoms with Gasteiger partial charge < -0.3 is 0 Å². The van der Waals surface area contributed by atoms with Crippen molar-refractivity contribution in [2.45, 2.75) is 30.8 Å². The smallest absolute Gasteiger partial charge is 0.207 e. The van der Waals surface area contributed by atoms with E-state index >= 15 is 0 Å². The van der Waals surface area contributed by atoms with Gasteiger partial charge in [-0.05, 0) is 42.2 Å². The van der Waals surface area contributed by atoms with Crippen molar-refractivity contribution in [3.8, 4) is 0 Å². The van der Waals surface area contributed by atoms with E-state index in [9.17, 15) is 8.42 Å². The molecule has 132 valence electrons. The highest BCUT2D eigenvalue weighted by molar-refractivity contribution is 7.89. The zero-order valence-corrected chi connectivity index (χ0v) is 15.5. The molecule has 0 N–H and O–H groups in total. The molecule has 0 saturated heterocycles. The lowest BCUT2D eigenvalue weighted by Crippen LogP contribution is -2.31. The van der Waals surface area contributed by atoms with E-state index in [0.29, 0.717) is 17.9 Å². The van der Waals surface area contributed by atoms with Crippen LogP contribution in [-0.4, -0.2) is 12.7 Å². The highest BCUT2D eigenvalue weighted by Crippen LogP contribution is 2.39. The Morgan fingerprint density at radius 2 is 1.54 bits per heavy atom. The second kappa shape index (κ2) is 6.71. The van der Waals surface area contributed by atoms with E-state index < -0.39 is 10.0 Å². The van der Waals surface area contributed by atoms with Gasteiger partial charge in [0.05, 0.1) is 10.9 Å². The van der Waals surface area contributed by atoms with Crippen LogP contribution >= 0.6 is 0 Å². The summed E-state index contributed by atoms with van der Waals surface area (Å²) in [6.07, 6.45) is 0.670. The van der Waals surface area contributed by atoms with Crippen LogP contribution in [0.5, 0.6) is 0 Å². The Labute approximate surface area is 155 Å². The summed E-state index contributed by atoms with van der Waals surface area (Å²) in [6.45, 7) is 2.38. The van der Waals surface area contributed by atoms with Crippen LogP contribution in [-0.2, 0) is 23.0 Å². The Hall–Kier alpha value is -2.43. The van der Waals surface area contributed by atoms with Gasteiger partial charge >= 0.3 is 0 Å². The quantitative estimate of drug-likeness (QED) is 0.685. The van der Waals surface area contributed by atoms with Gasteiger partial charge in [0.25, 0.3) is 0 Å². The Bertz CT molecular complexity index is 1010. The van der Waals surface area contributed by atoms with Gasteiger partial charge in [0.15, 0.2) is 0 Å². The predicted octanol–water partition coefficient (Wildman–Crippen LogP) is 4.48. The first-order valence-corrected chi connectivity index (χ1v) is 10.2. The fourth-order valence-corrected chi connectivity index (χ4v) is 5.17. The van der Waals surface area contributed by atoms with E-state index in [-0.39, 0.29) is 6.04 Å². The number of benzene rings is 3. The molecule has 0 bridgehead atoms. The molecule has 1 unspecified atom stereocenters. The maximum absolute atomic E-state index is 13.3. The number of nitrogens with zero attached hydrogens (tertiary/aromatic N) is 1. The van der Waals surface area contributed by atoms with Crippen molar-refractivity contribution in [1.29, 1.82) is 0 Å². The van der Waals surface area contributed by atoms with E-state index in [4.69, 9.17) is 0 Å². The molecular formula is C22H21NO2S. The average Bonchev–Trinajstić information content (AvgIpc) is 3.02. The normalized spacial score (nSPS) is 17.2. The van der Waals surface area contributed by atoms with E-state index in [0.717, 1.165) is 22.3 Å². The summed E-state index contributed by atoms with van der Waals surface area (Å²) in [5.74, 6) is 0. The number of hydrogen-bond donors (Lipinski definition) is 0. The lowest BCUT2D eigenvalue weighted by Gasteiger charge is -2.25. The van der Waals surface area contributed by atoms with Crippen LogP contribution in [0.3, 0.4) is 0 Å². The summed E-state index contributed by atoms with van der Waals surface area (Å²) in [6, 6.07) is 25.0. The summed E-state index contributed by atoms with van der Waals surface area (Å²) in [7, 11) is -3.56. The van der Waals surface area contributed by atoms with Gasteiger partial charge in [-0.3, -0.25) is 0 Å². The SMILES string of the molecule is Cc1ccc(S(=O)(=O)N2Cc3ccccc3C2Cc2ccccc2)cc1. The molecule has 1 aliphatic heterocycles. The topological polar surface area (TPSA) is 37.4 Å². The first kappa shape index (κ1) is 17.0. The Morgan fingerprint density at radius 3 is 2.27 bits per heavy atom. The Kier molecular flexibility index (Phi) is 4.39. The van der Waals surface area contributed by atoms with Crippen molar-refractivity contribution in [2.75, 3.05) is 0 Å². The van der Waals surface area contributed by atoms with E-state index in [1.165, 1.54) is 0 Å². The molecule has 0 radical (unpaired) electrons. The molecule has 3 nitrogen and oxygen atoms in total. The van der Waals surface area contributed by atoms with Gasteiger partial charge in [-0.2, -0.15) is 4.31 Å². The maximum Gasteiger partial charge on any atom is 0.243 e. The third-order valence-electron chi connectivity index (χ3n) is 4.99. The lowest BCUT2D eigenvalue weighted by atomic mass is 9.99. The van der Waals surface area contributed by atoms with Gasteiger partial charge in [-0.25, -0.2) is 8.42 Å². The molecule has 4 heteroatoms. The van der Waals surface area contributed by atoms with Gasteiger partial charge in [0.2, 0.25) is 10.0 Å². The highest BCUT2D eigenvalue weighted by Gasteiger charge is 2.38. The van der Waals surface area contributed by atoms with Crippen molar-refractivity contribution < 1.29 is 8.42 Å². The first-order valence-electron chi connectivity index (χ1n) is 8.76. The minimum Gasteiger partial charge on any atom is -0.207 e. The molecule has 0 aliphatic carbocycles. The minimum absolute atomic E-state index is 0.181. The molecule has 0 amide bonds. The second-order valence-corrected chi connectivity index (χ2v) is 8.66. The molecule has 0 spiro atoms. The second-order valence-electron chi connectivity index (χ2n) is 6.77. The molecule has 0 fully saturated rings. The zero-order chi connectivity index (χ0) is 18.1. The van der Waals surface area contributed by atoms with E-state index in [1.54, 1.807) is 16.4 Å². The number of rotatable bonds is 4. The molecule has 0 saturated carbocycles. The molecule has 3 aromatic carbocycles. The van der Waals surface area contributed by atoms with Crippen LogP contribution < -0.4 is 0 Å². The average molecular weight is 363 g/mol. The van der Waals surface area contributed by atoms with Crippen LogP contribution in [0.25, 0.3) is 0 Å². The van der Waals surface area contributed by atoms with Crippen LogP contribution in [0.15, 0.2) is 83.8 Å². The summed E-state index contributed by atoms with van der Waals surface area (Å²) in [4.78, 5) is 0.356. The maximum atomic E-state index is 13.3. The summed E-state index contributed by atoms with van der Waals surface area (Å²) >= 11 is 0. The van der Waals surface area contributed by atoms with Crippen molar-refractivity contribution in [3.63, 3.8) is 0 Å². The van der Waals surface area contributed by atoms with Crippen molar-refractivity contribution in [3.05, 3.63) is 101 Å². The number of fused-ring (bicyclic) bond motifs is 1. The molecule has 1 heterocycles. The molecule has 1 atom stereocenters. The van der Waals surface area contributed by atoms with E-state index in [2.05, 4.69) is 12.1 Å². The van der Waals surface area contributed by atoms with Crippen LogP contribution in [0.4, 0.5) is 0 Å². The molecule has 0 aromatic heterocycles. The fourth-order valence-electron chi connectivity index (χ4n) is 3.58. The lowest BCUT2D eigenvalue weighted by molar-refractivity contribution is 0.348. The van der Waals surface area contributed by atoms with Crippen LogP contribution in [0, 0.1) is 6.92 Å². The Morgan fingerprint density at radius 1 is 0.885 bits per heavy atom. The van der Waals surface area contributed by atoms with Crippen LogP contribution in [0.1, 0.15) is 28.3 Å². The van der Waals surface area contributed by atoms with Gasteiger partial charge in [-0.1, -0.05) is 72.3 Å². The molecule has 26 heavy (non-hydrogen) atoms. The fraction of sp³-hybridized carbons (Fsp3) is 0.182. The largest absolute Gasteiger partial charge is 0.243 e. The molecule has 3 aromatic rings. The van der Waals surface area contributed by atoms with Crippen LogP contribution in [0.2, 0.25) is 0 Å². The number of aryl methyl sites for hydroxylation is 1. The predicted molar refractivity (Wildman–Crippen MR) is 103 cm³/mol. The minimum atomic E-state index is -3.56.